The van der Waals surface area contributed by atoms with Crippen molar-refractivity contribution < 1.29 is 9.53 Å². The van der Waals surface area contributed by atoms with E-state index >= 15 is 0 Å². The normalized spacial score (nSPS) is 15.0. The fourth-order valence-corrected chi connectivity index (χ4v) is 3.42. The molecule has 0 saturated carbocycles. The third kappa shape index (κ3) is 4.80. The second-order valence-corrected chi connectivity index (χ2v) is 6.90. The van der Waals surface area contributed by atoms with Crippen LogP contribution in [0.2, 0.25) is 5.02 Å². The fourth-order valence-electron chi connectivity index (χ4n) is 2.36. The standard InChI is InChI=1S/C17H18ClN3O2S/c18-14-3-1-13(2-4-14)11-16(22)20-19-12-15-5-6-17(24-15)21-7-9-23-10-8-21/h1-6,12H,7-11H2,(H,20,22)/b19-12+. The first-order valence-electron chi connectivity index (χ1n) is 7.69. The molecule has 0 unspecified atom stereocenters. The lowest BCUT2D eigenvalue weighted by Crippen LogP contribution is -2.35. The van der Waals surface area contributed by atoms with Crippen LogP contribution < -0.4 is 10.3 Å². The molecule has 24 heavy (non-hydrogen) atoms. The van der Waals surface area contributed by atoms with Crippen molar-refractivity contribution in [2.75, 3.05) is 31.2 Å². The summed E-state index contributed by atoms with van der Waals surface area (Å²) in [7, 11) is 0. The monoisotopic (exact) mass is 363 g/mol. The number of morpholine rings is 1. The van der Waals surface area contributed by atoms with Crippen molar-refractivity contribution in [2.24, 2.45) is 5.10 Å². The maximum atomic E-state index is 11.9. The van der Waals surface area contributed by atoms with E-state index in [1.54, 1.807) is 29.7 Å². The minimum atomic E-state index is -0.154. The molecule has 2 heterocycles. The van der Waals surface area contributed by atoms with Gasteiger partial charge in [-0.15, -0.1) is 11.3 Å². The van der Waals surface area contributed by atoms with Crippen LogP contribution in [0.25, 0.3) is 0 Å². The summed E-state index contributed by atoms with van der Waals surface area (Å²) >= 11 is 7.48. The largest absolute Gasteiger partial charge is 0.378 e. The van der Waals surface area contributed by atoms with Crippen LogP contribution in [-0.4, -0.2) is 38.4 Å². The molecule has 1 amide bonds. The minimum absolute atomic E-state index is 0.154. The predicted octanol–water partition coefficient (Wildman–Crippen LogP) is 2.93. The van der Waals surface area contributed by atoms with Gasteiger partial charge in [0.05, 0.1) is 30.9 Å². The van der Waals surface area contributed by atoms with Gasteiger partial charge in [-0.25, -0.2) is 5.43 Å². The lowest BCUT2D eigenvalue weighted by atomic mass is 10.1. The van der Waals surface area contributed by atoms with Crippen molar-refractivity contribution in [3.8, 4) is 0 Å². The highest BCUT2D eigenvalue weighted by Gasteiger charge is 2.12. The van der Waals surface area contributed by atoms with E-state index in [0.29, 0.717) is 5.02 Å². The first-order valence-corrected chi connectivity index (χ1v) is 8.89. The molecule has 1 saturated heterocycles. The Balaban J connectivity index is 1.49. The molecule has 7 heteroatoms. The van der Waals surface area contributed by atoms with E-state index in [4.69, 9.17) is 16.3 Å². The lowest BCUT2D eigenvalue weighted by molar-refractivity contribution is -0.120. The zero-order valence-electron chi connectivity index (χ0n) is 13.1. The third-order valence-electron chi connectivity index (χ3n) is 3.59. The summed E-state index contributed by atoms with van der Waals surface area (Å²) < 4.78 is 5.36. The molecular formula is C17H18ClN3O2S. The van der Waals surface area contributed by atoms with Crippen molar-refractivity contribution in [3.63, 3.8) is 0 Å². The molecule has 126 valence electrons. The van der Waals surface area contributed by atoms with Gasteiger partial charge in [0.15, 0.2) is 0 Å². The van der Waals surface area contributed by atoms with Crippen LogP contribution in [0.5, 0.6) is 0 Å². The number of anilines is 1. The number of thiophene rings is 1. The molecule has 0 atom stereocenters. The average Bonchev–Trinajstić information content (AvgIpc) is 3.07. The van der Waals surface area contributed by atoms with Crippen LogP contribution in [0.1, 0.15) is 10.4 Å². The number of hydrogen-bond donors (Lipinski definition) is 1. The molecule has 1 aliphatic rings. The maximum Gasteiger partial charge on any atom is 0.244 e. The lowest BCUT2D eigenvalue weighted by Gasteiger charge is -2.27. The number of carbonyl (C=O) groups is 1. The molecule has 0 radical (unpaired) electrons. The van der Waals surface area contributed by atoms with E-state index in [1.807, 2.05) is 18.2 Å². The van der Waals surface area contributed by atoms with Crippen molar-refractivity contribution in [3.05, 3.63) is 51.9 Å². The van der Waals surface area contributed by atoms with Gasteiger partial charge in [0.1, 0.15) is 0 Å². The quantitative estimate of drug-likeness (QED) is 0.656. The Bertz CT molecular complexity index is 709. The van der Waals surface area contributed by atoms with Gasteiger partial charge < -0.3 is 9.64 Å². The second kappa shape index (κ2) is 8.28. The zero-order chi connectivity index (χ0) is 16.8. The highest BCUT2D eigenvalue weighted by Crippen LogP contribution is 2.25. The maximum absolute atomic E-state index is 11.9. The molecule has 0 bridgehead atoms. The summed E-state index contributed by atoms with van der Waals surface area (Å²) in [5.41, 5.74) is 3.45. The molecular weight excluding hydrogens is 346 g/mol. The number of amides is 1. The molecule has 0 aliphatic carbocycles. The Kier molecular flexibility index (Phi) is 5.85. The smallest absolute Gasteiger partial charge is 0.244 e. The second-order valence-electron chi connectivity index (χ2n) is 5.37. The van der Waals surface area contributed by atoms with Gasteiger partial charge in [-0.05, 0) is 29.8 Å². The number of hydrogen-bond acceptors (Lipinski definition) is 5. The van der Waals surface area contributed by atoms with Gasteiger partial charge in [0.2, 0.25) is 5.91 Å². The van der Waals surface area contributed by atoms with Crippen molar-refractivity contribution in [1.82, 2.24) is 5.43 Å². The third-order valence-corrected chi connectivity index (χ3v) is 4.93. The van der Waals surface area contributed by atoms with E-state index in [1.165, 1.54) is 5.00 Å². The number of halogens is 1. The minimum Gasteiger partial charge on any atom is -0.378 e. The number of ether oxygens (including phenoxy) is 1. The molecule has 2 aromatic rings. The Morgan fingerprint density at radius 2 is 2.00 bits per heavy atom. The van der Waals surface area contributed by atoms with Crippen LogP contribution in [0, 0.1) is 0 Å². The van der Waals surface area contributed by atoms with Gasteiger partial charge in [0.25, 0.3) is 0 Å². The van der Waals surface area contributed by atoms with Crippen molar-refractivity contribution in [1.29, 1.82) is 0 Å². The summed E-state index contributed by atoms with van der Waals surface area (Å²) in [6.45, 7) is 3.36. The van der Waals surface area contributed by atoms with Gasteiger partial charge in [-0.3, -0.25) is 4.79 Å². The van der Waals surface area contributed by atoms with Crippen LogP contribution in [-0.2, 0) is 16.0 Å². The molecule has 1 N–H and O–H groups in total. The topological polar surface area (TPSA) is 53.9 Å². The van der Waals surface area contributed by atoms with E-state index < -0.39 is 0 Å². The molecule has 1 aliphatic heterocycles. The number of nitrogens with zero attached hydrogens (tertiary/aromatic N) is 2. The van der Waals surface area contributed by atoms with Gasteiger partial charge in [-0.2, -0.15) is 5.10 Å². The number of nitrogens with one attached hydrogen (secondary N) is 1. The summed E-state index contributed by atoms with van der Waals surface area (Å²) in [5.74, 6) is -0.154. The molecule has 1 fully saturated rings. The van der Waals surface area contributed by atoms with Gasteiger partial charge >= 0.3 is 0 Å². The molecule has 3 rings (SSSR count). The Labute approximate surface area is 149 Å². The van der Waals surface area contributed by atoms with Crippen LogP contribution in [0.3, 0.4) is 0 Å². The summed E-state index contributed by atoms with van der Waals surface area (Å²) in [6.07, 6.45) is 1.95. The Morgan fingerprint density at radius 3 is 2.75 bits per heavy atom. The Morgan fingerprint density at radius 1 is 1.25 bits per heavy atom. The number of benzene rings is 1. The highest BCUT2D eigenvalue weighted by atomic mass is 35.5. The number of carbonyl (C=O) groups excluding carboxylic acids is 1. The van der Waals surface area contributed by atoms with Crippen molar-refractivity contribution >= 4 is 40.1 Å². The van der Waals surface area contributed by atoms with Gasteiger partial charge in [-0.1, -0.05) is 23.7 Å². The van der Waals surface area contributed by atoms with E-state index in [-0.39, 0.29) is 12.3 Å². The van der Waals surface area contributed by atoms with E-state index in [2.05, 4.69) is 21.5 Å². The van der Waals surface area contributed by atoms with Crippen LogP contribution >= 0.6 is 22.9 Å². The summed E-state index contributed by atoms with van der Waals surface area (Å²) in [6, 6.07) is 11.3. The summed E-state index contributed by atoms with van der Waals surface area (Å²) in [5, 5.41) is 5.89. The zero-order valence-corrected chi connectivity index (χ0v) is 14.6. The first kappa shape index (κ1) is 17.0. The van der Waals surface area contributed by atoms with Crippen molar-refractivity contribution in [2.45, 2.75) is 6.42 Å². The SMILES string of the molecule is O=C(Cc1ccc(Cl)cc1)N/N=C/c1ccc(N2CCOCC2)s1. The predicted molar refractivity (Wildman–Crippen MR) is 98.2 cm³/mol. The van der Waals surface area contributed by atoms with Crippen LogP contribution in [0.4, 0.5) is 5.00 Å². The molecule has 0 spiro atoms. The molecule has 1 aromatic heterocycles. The average molecular weight is 364 g/mol. The molecule has 1 aromatic carbocycles. The first-order chi connectivity index (χ1) is 11.7. The number of rotatable bonds is 5. The van der Waals surface area contributed by atoms with Crippen LogP contribution in [0.15, 0.2) is 41.5 Å². The van der Waals surface area contributed by atoms with E-state index in [9.17, 15) is 4.79 Å². The number of hydrazone groups is 1. The van der Waals surface area contributed by atoms with Gasteiger partial charge in [0, 0.05) is 23.0 Å². The fraction of sp³-hybridized carbons (Fsp3) is 0.294. The van der Waals surface area contributed by atoms with E-state index in [0.717, 1.165) is 36.7 Å². The molecule has 5 nitrogen and oxygen atoms in total. The Hall–Kier alpha value is -1.89. The highest BCUT2D eigenvalue weighted by molar-refractivity contribution is 7.17. The summed E-state index contributed by atoms with van der Waals surface area (Å²) in [4.78, 5) is 15.2.